The highest BCUT2D eigenvalue weighted by Crippen LogP contribution is 2.34. The highest BCUT2D eigenvalue weighted by molar-refractivity contribution is 5.94. The Balaban J connectivity index is 1.33. The SMILES string of the molecule is Cc1nc2ccccc2c(=O)n1-c1ccc(C(=O)NCC2(N3CCOCC3)CCCCC2)cc1. The molecular formula is C27H32N4O3. The molecule has 0 bridgehead atoms. The number of amides is 1. The van der Waals surface area contributed by atoms with E-state index in [2.05, 4.69) is 15.2 Å². The number of carbonyl (C=O) groups excluding carboxylic acids is 1. The van der Waals surface area contributed by atoms with E-state index in [9.17, 15) is 9.59 Å². The van der Waals surface area contributed by atoms with Crippen LogP contribution in [0.2, 0.25) is 0 Å². The summed E-state index contributed by atoms with van der Waals surface area (Å²) < 4.78 is 7.16. The van der Waals surface area contributed by atoms with Crippen molar-refractivity contribution >= 4 is 16.8 Å². The summed E-state index contributed by atoms with van der Waals surface area (Å²) >= 11 is 0. The van der Waals surface area contributed by atoms with Gasteiger partial charge in [0.1, 0.15) is 5.82 Å². The van der Waals surface area contributed by atoms with Gasteiger partial charge in [-0.25, -0.2) is 4.98 Å². The lowest BCUT2D eigenvalue weighted by molar-refractivity contribution is -0.0361. The van der Waals surface area contributed by atoms with E-state index in [4.69, 9.17) is 4.74 Å². The lowest BCUT2D eigenvalue weighted by Gasteiger charge is -2.48. The summed E-state index contributed by atoms with van der Waals surface area (Å²) in [5, 5.41) is 3.79. The van der Waals surface area contributed by atoms with Gasteiger partial charge in [0, 0.05) is 30.7 Å². The fraction of sp³-hybridized carbons (Fsp3) is 0.444. The average molecular weight is 461 g/mol. The number of nitrogens with zero attached hydrogens (tertiary/aromatic N) is 3. The van der Waals surface area contributed by atoms with Gasteiger partial charge in [-0.1, -0.05) is 31.4 Å². The summed E-state index contributed by atoms with van der Waals surface area (Å²) in [7, 11) is 0. The molecule has 2 aliphatic rings. The largest absolute Gasteiger partial charge is 0.379 e. The smallest absolute Gasteiger partial charge is 0.265 e. The number of hydrogen-bond donors (Lipinski definition) is 1. The Hall–Kier alpha value is -3.03. The van der Waals surface area contributed by atoms with Crippen LogP contribution in [-0.2, 0) is 4.74 Å². The Kier molecular flexibility index (Phi) is 6.48. The first-order chi connectivity index (χ1) is 16.6. The third kappa shape index (κ3) is 4.38. The molecule has 1 aliphatic carbocycles. The van der Waals surface area contributed by atoms with E-state index >= 15 is 0 Å². The van der Waals surface area contributed by atoms with E-state index in [1.54, 1.807) is 22.8 Å². The normalized spacial score (nSPS) is 18.6. The van der Waals surface area contributed by atoms with Crippen molar-refractivity contribution in [3.8, 4) is 5.69 Å². The summed E-state index contributed by atoms with van der Waals surface area (Å²) in [5.74, 6) is 0.538. The van der Waals surface area contributed by atoms with Gasteiger partial charge in [-0.3, -0.25) is 19.1 Å². The third-order valence-electron chi connectivity index (χ3n) is 7.38. The van der Waals surface area contributed by atoms with E-state index in [1.807, 2.05) is 37.3 Å². The van der Waals surface area contributed by atoms with Crippen LogP contribution in [0, 0.1) is 6.92 Å². The molecule has 3 aromatic rings. The zero-order valence-corrected chi connectivity index (χ0v) is 19.8. The number of aromatic nitrogens is 2. The third-order valence-corrected chi connectivity index (χ3v) is 7.38. The number of rotatable bonds is 5. The van der Waals surface area contributed by atoms with Crippen LogP contribution in [0.25, 0.3) is 16.6 Å². The molecule has 1 amide bonds. The van der Waals surface area contributed by atoms with Crippen LogP contribution in [0.3, 0.4) is 0 Å². The van der Waals surface area contributed by atoms with Crippen molar-refractivity contribution in [3.05, 3.63) is 70.3 Å². The van der Waals surface area contributed by atoms with Gasteiger partial charge in [0.15, 0.2) is 0 Å². The number of ether oxygens (including phenoxy) is 1. The molecule has 5 rings (SSSR count). The number of fused-ring (bicyclic) bond motifs is 1. The van der Waals surface area contributed by atoms with Gasteiger partial charge in [-0.15, -0.1) is 0 Å². The van der Waals surface area contributed by atoms with Gasteiger partial charge < -0.3 is 10.1 Å². The highest BCUT2D eigenvalue weighted by Gasteiger charge is 2.38. The van der Waals surface area contributed by atoms with Crippen molar-refractivity contribution in [2.75, 3.05) is 32.8 Å². The lowest BCUT2D eigenvalue weighted by Crippen LogP contribution is -2.59. The first kappa shape index (κ1) is 22.7. The van der Waals surface area contributed by atoms with E-state index in [1.165, 1.54) is 19.3 Å². The van der Waals surface area contributed by atoms with Crippen molar-refractivity contribution in [3.63, 3.8) is 0 Å². The van der Waals surface area contributed by atoms with Crippen LogP contribution in [0.15, 0.2) is 53.3 Å². The predicted octanol–water partition coefficient (Wildman–Crippen LogP) is 3.46. The molecule has 178 valence electrons. The molecule has 7 heteroatoms. The Morgan fingerprint density at radius 2 is 1.74 bits per heavy atom. The first-order valence-electron chi connectivity index (χ1n) is 12.3. The van der Waals surface area contributed by atoms with Crippen LogP contribution in [0.1, 0.15) is 48.3 Å². The number of aryl methyl sites for hydroxylation is 1. The summed E-state index contributed by atoms with van der Waals surface area (Å²) in [6.45, 7) is 5.86. The molecule has 0 unspecified atom stereocenters. The van der Waals surface area contributed by atoms with Gasteiger partial charge in [-0.2, -0.15) is 0 Å². The molecule has 1 saturated heterocycles. The number of benzene rings is 2. The van der Waals surface area contributed by atoms with Gasteiger partial charge in [-0.05, 0) is 56.2 Å². The van der Waals surface area contributed by atoms with Crippen molar-refractivity contribution in [1.29, 1.82) is 0 Å². The summed E-state index contributed by atoms with van der Waals surface area (Å²) in [6.07, 6.45) is 5.91. The number of para-hydroxylation sites is 1. The highest BCUT2D eigenvalue weighted by atomic mass is 16.5. The standard InChI is InChI=1S/C27H32N4O3/c1-20-29-24-8-4-3-7-23(24)26(33)31(20)22-11-9-21(10-12-22)25(32)28-19-27(13-5-2-6-14-27)30-15-17-34-18-16-30/h3-4,7-12H,2,5-6,13-19H2,1H3,(H,28,32). The molecule has 1 N–H and O–H groups in total. The molecule has 1 aliphatic heterocycles. The number of carbonyl (C=O) groups is 1. The summed E-state index contributed by atoms with van der Waals surface area (Å²) in [4.78, 5) is 33.2. The quantitative estimate of drug-likeness (QED) is 0.631. The maximum Gasteiger partial charge on any atom is 0.265 e. The number of nitrogens with one attached hydrogen (secondary N) is 1. The maximum atomic E-state index is 13.1. The first-order valence-corrected chi connectivity index (χ1v) is 12.3. The minimum absolute atomic E-state index is 0.0266. The molecule has 0 atom stereocenters. The van der Waals surface area contributed by atoms with E-state index < -0.39 is 0 Å². The molecule has 1 saturated carbocycles. The Labute approximate surface area is 199 Å². The van der Waals surface area contributed by atoms with Crippen LogP contribution < -0.4 is 10.9 Å². The zero-order valence-electron chi connectivity index (χ0n) is 19.8. The number of hydrogen-bond acceptors (Lipinski definition) is 5. The molecule has 0 radical (unpaired) electrons. The minimum atomic E-state index is -0.106. The van der Waals surface area contributed by atoms with E-state index in [-0.39, 0.29) is 17.0 Å². The molecule has 7 nitrogen and oxygen atoms in total. The zero-order chi connectivity index (χ0) is 23.5. The summed E-state index contributed by atoms with van der Waals surface area (Å²) in [5.41, 5.74) is 1.91. The molecule has 2 aromatic carbocycles. The average Bonchev–Trinajstić information content (AvgIpc) is 2.89. The summed E-state index contributed by atoms with van der Waals surface area (Å²) in [6, 6.07) is 14.6. The Bertz CT molecular complexity index is 1220. The maximum absolute atomic E-state index is 13.1. The number of morpholine rings is 1. The van der Waals surface area contributed by atoms with Crippen molar-refractivity contribution in [2.24, 2.45) is 0 Å². The monoisotopic (exact) mass is 460 g/mol. The van der Waals surface area contributed by atoms with Crippen LogP contribution in [0.4, 0.5) is 0 Å². The van der Waals surface area contributed by atoms with E-state index in [0.29, 0.717) is 34.5 Å². The predicted molar refractivity (Wildman–Crippen MR) is 133 cm³/mol. The van der Waals surface area contributed by atoms with Crippen molar-refractivity contribution < 1.29 is 9.53 Å². The van der Waals surface area contributed by atoms with E-state index in [0.717, 1.165) is 39.1 Å². The molecule has 2 fully saturated rings. The second kappa shape index (κ2) is 9.68. The van der Waals surface area contributed by atoms with Crippen LogP contribution in [-0.4, -0.2) is 58.7 Å². The lowest BCUT2D eigenvalue weighted by atomic mass is 9.79. The Morgan fingerprint density at radius 1 is 1.03 bits per heavy atom. The fourth-order valence-corrected chi connectivity index (χ4v) is 5.51. The molecule has 2 heterocycles. The minimum Gasteiger partial charge on any atom is -0.379 e. The van der Waals surface area contributed by atoms with Gasteiger partial charge in [0.2, 0.25) is 0 Å². The fourth-order valence-electron chi connectivity index (χ4n) is 5.51. The molecular weight excluding hydrogens is 428 g/mol. The second-order valence-electron chi connectivity index (χ2n) is 9.43. The molecule has 34 heavy (non-hydrogen) atoms. The van der Waals surface area contributed by atoms with Gasteiger partial charge in [0.05, 0.1) is 29.8 Å². The molecule has 1 aromatic heterocycles. The van der Waals surface area contributed by atoms with Crippen LogP contribution in [0.5, 0.6) is 0 Å². The van der Waals surface area contributed by atoms with Gasteiger partial charge in [0.25, 0.3) is 11.5 Å². The second-order valence-corrected chi connectivity index (χ2v) is 9.43. The van der Waals surface area contributed by atoms with Crippen molar-refractivity contribution in [2.45, 2.75) is 44.6 Å². The van der Waals surface area contributed by atoms with Gasteiger partial charge >= 0.3 is 0 Å². The topological polar surface area (TPSA) is 76.5 Å². The van der Waals surface area contributed by atoms with Crippen LogP contribution >= 0.6 is 0 Å². The Morgan fingerprint density at radius 3 is 2.47 bits per heavy atom. The van der Waals surface area contributed by atoms with Crippen molar-refractivity contribution in [1.82, 2.24) is 19.8 Å². The molecule has 0 spiro atoms.